The van der Waals surface area contributed by atoms with E-state index in [0.29, 0.717) is 0 Å². The number of amides is 2. The van der Waals surface area contributed by atoms with Crippen LogP contribution in [0, 0.1) is 5.92 Å². The summed E-state index contributed by atoms with van der Waals surface area (Å²) in [7, 11) is 1.11. The first kappa shape index (κ1) is 22.5. The van der Waals surface area contributed by atoms with Gasteiger partial charge in [0.15, 0.2) is 0 Å². The van der Waals surface area contributed by atoms with E-state index < -0.39 is 41.6 Å². The standard InChI is InChI=1S/C18H23F3N2O4/c1-10(2)15(22-11(3)24)16(25)23-14(17(26)27-4)9-12-6-5-7-13(8-12)18(19,20)21/h5-8,10,14-15H,9H2,1-4H3,(H,22,24)(H,23,25)/t14-,15-/m1/s1. The maximum Gasteiger partial charge on any atom is 0.416 e. The van der Waals surface area contributed by atoms with Gasteiger partial charge in [-0.05, 0) is 17.5 Å². The molecule has 27 heavy (non-hydrogen) atoms. The smallest absolute Gasteiger partial charge is 0.416 e. The first-order chi connectivity index (χ1) is 12.5. The van der Waals surface area contributed by atoms with Gasteiger partial charge in [0.2, 0.25) is 11.8 Å². The highest BCUT2D eigenvalue weighted by molar-refractivity contribution is 5.90. The second kappa shape index (κ2) is 9.38. The molecule has 1 aromatic carbocycles. The van der Waals surface area contributed by atoms with E-state index in [9.17, 15) is 27.6 Å². The molecule has 2 N–H and O–H groups in total. The van der Waals surface area contributed by atoms with Gasteiger partial charge in [-0.15, -0.1) is 0 Å². The molecule has 1 aromatic rings. The molecule has 150 valence electrons. The Morgan fingerprint density at radius 1 is 1.15 bits per heavy atom. The zero-order valence-corrected chi connectivity index (χ0v) is 15.5. The second-order valence-electron chi connectivity index (χ2n) is 6.41. The molecule has 0 spiro atoms. The van der Waals surface area contributed by atoms with E-state index in [0.717, 1.165) is 19.2 Å². The molecule has 0 heterocycles. The molecule has 9 heteroatoms. The van der Waals surface area contributed by atoms with Gasteiger partial charge in [0.1, 0.15) is 12.1 Å². The number of hydrogen-bond acceptors (Lipinski definition) is 4. The molecule has 0 radical (unpaired) electrons. The average Bonchev–Trinajstić information content (AvgIpc) is 2.57. The number of carbonyl (C=O) groups excluding carboxylic acids is 3. The number of methoxy groups -OCH3 is 1. The second-order valence-corrected chi connectivity index (χ2v) is 6.41. The van der Waals surface area contributed by atoms with Crippen LogP contribution in [0.5, 0.6) is 0 Å². The Balaban J connectivity index is 3.02. The molecule has 2 atom stereocenters. The lowest BCUT2D eigenvalue weighted by Crippen LogP contribution is -2.54. The van der Waals surface area contributed by atoms with Crippen LogP contribution in [-0.2, 0) is 31.7 Å². The minimum Gasteiger partial charge on any atom is -0.467 e. The van der Waals surface area contributed by atoms with Crippen LogP contribution in [0.25, 0.3) is 0 Å². The highest BCUT2D eigenvalue weighted by Crippen LogP contribution is 2.29. The van der Waals surface area contributed by atoms with Gasteiger partial charge in [-0.1, -0.05) is 32.0 Å². The van der Waals surface area contributed by atoms with E-state index in [4.69, 9.17) is 0 Å². The van der Waals surface area contributed by atoms with Gasteiger partial charge in [-0.3, -0.25) is 9.59 Å². The first-order valence-corrected chi connectivity index (χ1v) is 8.27. The number of esters is 1. The quantitative estimate of drug-likeness (QED) is 0.701. The predicted octanol–water partition coefficient (Wildman–Crippen LogP) is 2.07. The van der Waals surface area contributed by atoms with Gasteiger partial charge in [0.05, 0.1) is 12.7 Å². The summed E-state index contributed by atoms with van der Waals surface area (Å²) in [6, 6.07) is 2.39. The highest BCUT2D eigenvalue weighted by atomic mass is 19.4. The van der Waals surface area contributed by atoms with E-state index in [1.165, 1.54) is 19.1 Å². The number of carbonyl (C=O) groups is 3. The van der Waals surface area contributed by atoms with Crippen LogP contribution in [0.15, 0.2) is 24.3 Å². The van der Waals surface area contributed by atoms with Crippen molar-refractivity contribution < 1.29 is 32.3 Å². The lowest BCUT2D eigenvalue weighted by Gasteiger charge is -2.24. The molecule has 0 bridgehead atoms. The fourth-order valence-electron chi connectivity index (χ4n) is 2.46. The molecular weight excluding hydrogens is 365 g/mol. The number of halogens is 3. The fraction of sp³-hybridized carbons (Fsp3) is 0.500. The van der Waals surface area contributed by atoms with Gasteiger partial charge in [0, 0.05) is 13.3 Å². The number of benzene rings is 1. The number of alkyl halides is 3. The van der Waals surface area contributed by atoms with Crippen molar-refractivity contribution in [2.75, 3.05) is 7.11 Å². The van der Waals surface area contributed by atoms with Crippen molar-refractivity contribution in [2.24, 2.45) is 5.92 Å². The van der Waals surface area contributed by atoms with Crippen LogP contribution >= 0.6 is 0 Å². The SMILES string of the molecule is COC(=O)[C@@H](Cc1cccc(C(F)(F)F)c1)NC(=O)[C@H](NC(C)=O)C(C)C. The van der Waals surface area contributed by atoms with E-state index >= 15 is 0 Å². The Morgan fingerprint density at radius 3 is 2.26 bits per heavy atom. The molecular formula is C18H23F3N2O4. The molecule has 0 aromatic heterocycles. The van der Waals surface area contributed by atoms with E-state index in [-0.39, 0.29) is 17.9 Å². The van der Waals surface area contributed by atoms with Crippen LogP contribution in [0.1, 0.15) is 31.9 Å². The van der Waals surface area contributed by atoms with E-state index in [1.54, 1.807) is 13.8 Å². The summed E-state index contributed by atoms with van der Waals surface area (Å²) >= 11 is 0. The third-order valence-corrected chi connectivity index (χ3v) is 3.80. The zero-order valence-electron chi connectivity index (χ0n) is 15.5. The van der Waals surface area contributed by atoms with Crippen molar-refractivity contribution in [3.05, 3.63) is 35.4 Å². The van der Waals surface area contributed by atoms with Crippen molar-refractivity contribution >= 4 is 17.8 Å². The van der Waals surface area contributed by atoms with Crippen molar-refractivity contribution in [3.8, 4) is 0 Å². The molecule has 0 aliphatic heterocycles. The average molecular weight is 388 g/mol. The minimum atomic E-state index is -4.52. The topological polar surface area (TPSA) is 84.5 Å². The molecule has 0 unspecified atom stereocenters. The Morgan fingerprint density at radius 2 is 1.78 bits per heavy atom. The van der Waals surface area contributed by atoms with Crippen molar-refractivity contribution in [1.82, 2.24) is 10.6 Å². The van der Waals surface area contributed by atoms with Crippen LogP contribution in [-0.4, -0.2) is 37.0 Å². The first-order valence-electron chi connectivity index (χ1n) is 8.27. The van der Waals surface area contributed by atoms with Crippen LogP contribution in [0.2, 0.25) is 0 Å². The zero-order chi connectivity index (χ0) is 20.8. The largest absolute Gasteiger partial charge is 0.467 e. The third-order valence-electron chi connectivity index (χ3n) is 3.80. The molecule has 0 saturated heterocycles. The Hall–Kier alpha value is -2.58. The maximum atomic E-state index is 12.9. The van der Waals surface area contributed by atoms with Gasteiger partial charge < -0.3 is 15.4 Å². The van der Waals surface area contributed by atoms with Crippen LogP contribution in [0.3, 0.4) is 0 Å². The maximum absolute atomic E-state index is 12.9. The summed E-state index contributed by atoms with van der Waals surface area (Å²) < 4.78 is 43.2. The van der Waals surface area contributed by atoms with Gasteiger partial charge in [-0.2, -0.15) is 13.2 Å². The Kier molecular flexibility index (Phi) is 7.81. The lowest BCUT2D eigenvalue weighted by molar-refractivity contribution is -0.145. The van der Waals surface area contributed by atoms with Gasteiger partial charge >= 0.3 is 12.1 Å². The third kappa shape index (κ3) is 6.92. The summed E-state index contributed by atoms with van der Waals surface area (Å²) in [4.78, 5) is 35.7. The number of hydrogen-bond donors (Lipinski definition) is 2. The number of rotatable bonds is 7. The highest BCUT2D eigenvalue weighted by Gasteiger charge is 2.32. The molecule has 2 amide bonds. The molecule has 0 saturated carbocycles. The molecule has 0 aliphatic carbocycles. The van der Waals surface area contributed by atoms with E-state index in [2.05, 4.69) is 15.4 Å². The molecule has 0 fully saturated rings. The summed E-state index contributed by atoms with van der Waals surface area (Å²) in [5, 5.41) is 4.93. The molecule has 6 nitrogen and oxygen atoms in total. The Labute approximate surface area is 155 Å². The van der Waals surface area contributed by atoms with Crippen molar-refractivity contribution in [1.29, 1.82) is 0 Å². The number of ether oxygens (including phenoxy) is 1. The normalized spacial score (nSPS) is 13.6. The lowest BCUT2D eigenvalue weighted by atomic mass is 10.0. The number of nitrogens with one attached hydrogen (secondary N) is 2. The summed E-state index contributed by atoms with van der Waals surface area (Å²) in [6.45, 7) is 4.67. The van der Waals surface area contributed by atoms with Crippen molar-refractivity contribution in [3.63, 3.8) is 0 Å². The predicted molar refractivity (Wildman–Crippen MR) is 91.5 cm³/mol. The Bertz CT molecular complexity index is 689. The minimum absolute atomic E-state index is 0.187. The van der Waals surface area contributed by atoms with Crippen molar-refractivity contribution in [2.45, 2.75) is 45.5 Å². The summed E-state index contributed by atoms with van der Waals surface area (Å²) in [5.41, 5.74) is -0.644. The van der Waals surface area contributed by atoms with Gasteiger partial charge in [-0.25, -0.2) is 4.79 Å². The summed E-state index contributed by atoms with van der Waals surface area (Å²) in [6.07, 6.45) is -4.71. The fourth-order valence-corrected chi connectivity index (χ4v) is 2.46. The van der Waals surface area contributed by atoms with E-state index in [1.807, 2.05) is 0 Å². The molecule has 0 aliphatic rings. The molecule has 1 rings (SSSR count). The monoisotopic (exact) mass is 388 g/mol. The summed E-state index contributed by atoms with van der Waals surface area (Å²) in [5.74, 6) is -2.11. The van der Waals surface area contributed by atoms with Crippen LogP contribution < -0.4 is 10.6 Å². The van der Waals surface area contributed by atoms with Crippen LogP contribution in [0.4, 0.5) is 13.2 Å². The van der Waals surface area contributed by atoms with Gasteiger partial charge in [0.25, 0.3) is 0 Å².